The molecule has 1 N–H and O–H groups in total. The zero-order valence-electron chi connectivity index (χ0n) is 11.7. The molecule has 2 bridgehead atoms. The van der Waals surface area contributed by atoms with Crippen LogP contribution in [0.3, 0.4) is 0 Å². The van der Waals surface area contributed by atoms with Gasteiger partial charge in [0.15, 0.2) is 0 Å². The number of nitrogens with zero attached hydrogens (tertiary/aromatic N) is 1. The Balaban J connectivity index is 1.58. The minimum atomic E-state index is -0.340. The maximum Gasteiger partial charge on any atom is 0.269 e. The lowest BCUT2D eigenvalue weighted by molar-refractivity contribution is -0.384. The summed E-state index contributed by atoms with van der Waals surface area (Å²) in [5, 5.41) is 14.3. The van der Waals surface area contributed by atoms with E-state index in [9.17, 15) is 10.1 Å². The minimum absolute atomic E-state index is 0.166. The number of benzene rings is 1. The van der Waals surface area contributed by atoms with Gasteiger partial charge in [0.25, 0.3) is 5.69 Å². The van der Waals surface area contributed by atoms with E-state index in [2.05, 4.69) is 24.4 Å². The third kappa shape index (κ3) is 2.61. The van der Waals surface area contributed by atoms with Crippen molar-refractivity contribution in [1.82, 2.24) is 5.32 Å². The molecule has 1 fully saturated rings. The molecule has 0 heterocycles. The average molecular weight is 272 g/mol. The van der Waals surface area contributed by atoms with Crippen LogP contribution in [0.4, 0.5) is 5.69 Å². The monoisotopic (exact) mass is 272 g/mol. The molecule has 0 saturated heterocycles. The molecule has 3 rings (SSSR count). The fourth-order valence-corrected chi connectivity index (χ4v) is 3.61. The van der Waals surface area contributed by atoms with E-state index in [0.29, 0.717) is 18.5 Å². The van der Waals surface area contributed by atoms with E-state index in [0.717, 1.165) is 17.4 Å². The molecule has 0 aromatic heterocycles. The van der Waals surface area contributed by atoms with Gasteiger partial charge < -0.3 is 5.32 Å². The third-order valence-corrected chi connectivity index (χ3v) is 4.72. The molecule has 0 spiro atoms. The number of hydrogen-bond donors (Lipinski definition) is 1. The lowest BCUT2D eigenvalue weighted by atomic mass is 9.87. The fourth-order valence-electron chi connectivity index (χ4n) is 3.61. The van der Waals surface area contributed by atoms with Crippen LogP contribution in [-0.4, -0.2) is 11.0 Å². The summed E-state index contributed by atoms with van der Waals surface area (Å²) in [5.74, 6) is 2.23. The molecule has 4 nitrogen and oxygen atoms in total. The highest BCUT2D eigenvalue weighted by atomic mass is 16.6. The SMILES string of the molecule is CC(NCc1cccc([N+](=O)[O-])c1)C1CC2C=CC1C2. The Morgan fingerprint density at radius 2 is 2.25 bits per heavy atom. The first-order valence-electron chi connectivity index (χ1n) is 7.28. The van der Waals surface area contributed by atoms with Crippen LogP contribution in [0.15, 0.2) is 36.4 Å². The number of fused-ring (bicyclic) bond motifs is 2. The Morgan fingerprint density at radius 3 is 2.90 bits per heavy atom. The first-order chi connectivity index (χ1) is 9.63. The van der Waals surface area contributed by atoms with Gasteiger partial charge in [0.05, 0.1) is 4.92 Å². The Kier molecular flexibility index (Phi) is 3.57. The van der Waals surface area contributed by atoms with E-state index in [4.69, 9.17) is 0 Å². The van der Waals surface area contributed by atoms with Gasteiger partial charge in [0.2, 0.25) is 0 Å². The number of non-ortho nitro benzene ring substituents is 1. The summed E-state index contributed by atoms with van der Waals surface area (Å²) in [6.07, 6.45) is 7.32. The number of rotatable bonds is 5. The molecule has 106 valence electrons. The van der Waals surface area contributed by atoms with E-state index in [-0.39, 0.29) is 10.6 Å². The van der Waals surface area contributed by atoms with Crippen molar-refractivity contribution in [1.29, 1.82) is 0 Å². The Labute approximate surface area is 119 Å². The first-order valence-corrected chi connectivity index (χ1v) is 7.28. The quantitative estimate of drug-likeness (QED) is 0.508. The van der Waals surface area contributed by atoms with Crippen molar-refractivity contribution in [3.05, 3.63) is 52.1 Å². The number of hydrogen-bond acceptors (Lipinski definition) is 3. The summed E-state index contributed by atoms with van der Waals surface area (Å²) in [4.78, 5) is 10.4. The molecule has 2 aliphatic rings. The smallest absolute Gasteiger partial charge is 0.269 e. The Bertz CT molecular complexity index is 541. The zero-order valence-corrected chi connectivity index (χ0v) is 11.7. The van der Waals surface area contributed by atoms with E-state index in [1.807, 2.05) is 6.07 Å². The second kappa shape index (κ2) is 5.37. The highest BCUT2D eigenvalue weighted by molar-refractivity contribution is 5.34. The molecular formula is C16H20N2O2. The normalized spacial score (nSPS) is 28.8. The van der Waals surface area contributed by atoms with Gasteiger partial charge in [-0.1, -0.05) is 24.3 Å². The van der Waals surface area contributed by atoms with Gasteiger partial charge in [-0.25, -0.2) is 0 Å². The van der Waals surface area contributed by atoms with Crippen molar-refractivity contribution in [2.45, 2.75) is 32.4 Å². The first kappa shape index (κ1) is 13.3. The third-order valence-electron chi connectivity index (χ3n) is 4.72. The molecule has 0 aliphatic heterocycles. The zero-order chi connectivity index (χ0) is 14.1. The second-order valence-corrected chi connectivity index (χ2v) is 6.04. The summed E-state index contributed by atoms with van der Waals surface area (Å²) in [7, 11) is 0. The van der Waals surface area contributed by atoms with Gasteiger partial charge in [-0.3, -0.25) is 10.1 Å². The van der Waals surface area contributed by atoms with Gasteiger partial charge in [-0.2, -0.15) is 0 Å². The van der Waals surface area contributed by atoms with Crippen LogP contribution < -0.4 is 5.32 Å². The summed E-state index contributed by atoms with van der Waals surface area (Å²) in [5.41, 5.74) is 1.14. The van der Waals surface area contributed by atoms with Gasteiger partial charge in [-0.05, 0) is 43.1 Å². The molecule has 2 aliphatic carbocycles. The lowest BCUT2D eigenvalue weighted by Gasteiger charge is -2.26. The summed E-state index contributed by atoms with van der Waals surface area (Å²) in [6, 6.07) is 7.33. The second-order valence-electron chi connectivity index (χ2n) is 6.04. The van der Waals surface area contributed by atoms with Crippen LogP contribution in [-0.2, 0) is 6.54 Å². The van der Waals surface area contributed by atoms with E-state index >= 15 is 0 Å². The number of allylic oxidation sites excluding steroid dienone is 2. The summed E-state index contributed by atoms with van der Waals surface area (Å²) < 4.78 is 0. The van der Waals surface area contributed by atoms with Gasteiger partial charge >= 0.3 is 0 Å². The van der Waals surface area contributed by atoms with Crippen LogP contribution >= 0.6 is 0 Å². The highest BCUT2D eigenvalue weighted by Gasteiger charge is 2.38. The predicted molar refractivity (Wildman–Crippen MR) is 78.2 cm³/mol. The number of nitro benzene ring substituents is 1. The largest absolute Gasteiger partial charge is 0.310 e. The number of nitrogens with one attached hydrogen (secondary N) is 1. The minimum Gasteiger partial charge on any atom is -0.310 e. The molecule has 1 aromatic carbocycles. The van der Waals surface area contributed by atoms with E-state index < -0.39 is 0 Å². The Hall–Kier alpha value is -1.68. The molecule has 4 unspecified atom stereocenters. The standard InChI is InChI=1S/C16H20N2O2/c1-11(16-9-12-5-6-14(16)7-12)17-10-13-3-2-4-15(8-13)18(19)20/h2-6,8,11-12,14,16-17H,7,9-10H2,1H3. The van der Waals surface area contributed by atoms with E-state index in [1.54, 1.807) is 12.1 Å². The topological polar surface area (TPSA) is 55.2 Å². The molecule has 20 heavy (non-hydrogen) atoms. The van der Waals surface area contributed by atoms with Crippen LogP contribution in [0.25, 0.3) is 0 Å². The van der Waals surface area contributed by atoms with Crippen LogP contribution in [0.1, 0.15) is 25.3 Å². The fraction of sp³-hybridized carbons (Fsp3) is 0.500. The average Bonchev–Trinajstić information content (AvgIpc) is 3.07. The molecular weight excluding hydrogens is 252 g/mol. The summed E-state index contributed by atoms with van der Waals surface area (Å²) in [6.45, 7) is 2.93. The van der Waals surface area contributed by atoms with Crippen molar-refractivity contribution in [2.24, 2.45) is 17.8 Å². The van der Waals surface area contributed by atoms with Crippen molar-refractivity contribution in [2.75, 3.05) is 0 Å². The molecule has 1 saturated carbocycles. The summed E-state index contributed by atoms with van der Waals surface area (Å²) >= 11 is 0. The maximum absolute atomic E-state index is 10.8. The van der Waals surface area contributed by atoms with Crippen molar-refractivity contribution >= 4 is 5.69 Å². The number of nitro groups is 1. The van der Waals surface area contributed by atoms with Gasteiger partial charge in [-0.15, -0.1) is 0 Å². The van der Waals surface area contributed by atoms with Crippen LogP contribution in [0.5, 0.6) is 0 Å². The molecule has 0 radical (unpaired) electrons. The maximum atomic E-state index is 10.8. The van der Waals surface area contributed by atoms with Crippen molar-refractivity contribution < 1.29 is 4.92 Å². The van der Waals surface area contributed by atoms with Crippen LogP contribution in [0.2, 0.25) is 0 Å². The van der Waals surface area contributed by atoms with E-state index in [1.165, 1.54) is 18.9 Å². The molecule has 1 aromatic rings. The predicted octanol–water partition coefficient (Wildman–Crippen LogP) is 3.29. The molecule has 4 atom stereocenters. The Morgan fingerprint density at radius 1 is 1.40 bits per heavy atom. The van der Waals surface area contributed by atoms with Gasteiger partial charge in [0, 0.05) is 24.7 Å². The highest BCUT2D eigenvalue weighted by Crippen LogP contribution is 2.44. The van der Waals surface area contributed by atoms with Gasteiger partial charge in [0.1, 0.15) is 0 Å². The molecule has 4 heteroatoms. The van der Waals surface area contributed by atoms with Crippen LogP contribution in [0, 0.1) is 27.9 Å². The van der Waals surface area contributed by atoms with Crippen molar-refractivity contribution in [3.8, 4) is 0 Å². The van der Waals surface area contributed by atoms with Crippen molar-refractivity contribution in [3.63, 3.8) is 0 Å². The lowest BCUT2D eigenvalue weighted by Crippen LogP contribution is -2.35. The molecule has 0 amide bonds.